The standard InChI is InChI=1S/C44H72NO12P/c1-3-5-7-9-11-12-13-14-15-16-17-18-19-21-27-33-43(49)57-40(36-55-58(52,53)56-37-41(45)44(50)51)35-54-42(48)34-28-32-39(47)31-26-23-22-25-30-38(46)29-24-20-10-8-6-4-2/h5,7,11-12,14-15,20,22-26,30-31,38-41,46-47H,3-4,6,8-10,13,16-19,21,27-29,32-37,45H2,1-2H3,(H,50,51)(H,52,53)/b7-5-,12-11-,15-14-,23-22+,24-20-,30-25+,31-26-/t38-,39-,40-,41+/m1/s1. The van der Waals surface area contributed by atoms with Gasteiger partial charge >= 0.3 is 25.7 Å². The van der Waals surface area contributed by atoms with E-state index in [2.05, 4.69) is 60.9 Å². The van der Waals surface area contributed by atoms with Crippen LogP contribution in [-0.2, 0) is 37.5 Å². The highest BCUT2D eigenvalue weighted by Crippen LogP contribution is 2.43. The van der Waals surface area contributed by atoms with Crippen LogP contribution in [0.3, 0.4) is 0 Å². The molecule has 13 nitrogen and oxygen atoms in total. The van der Waals surface area contributed by atoms with E-state index in [9.17, 15) is 34.1 Å². The number of unbranched alkanes of at least 4 members (excludes halogenated alkanes) is 8. The Morgan fingerprint density at radius 3 is 1.90 bits per heavy atom. The molecule has 1 unspecified atom stereocenters. The van der Waals surface area contributed by atoms with Gasteiger partial charge in [-0.15, -0.1) is 0 Å². The minimum atomic E-state index is -4.78. The van der Waals surface area contributed by atoms with E-state index in [1.807, 2.05) is 6.08 Å². The summed E-state index contributed by atoms with van der Waals surface area (Å²) in [5.74, 6) is -2.69. The quantitative estimate of drug-likeness (QED) is 0.0130. The van der Waals surface area contributed by atoms with Crippen molar-refractivity contribution in [2.75, 3.05) is 19.8 Å². The number of aliphatic hydroxyl groups is 2. The third-order valence-electron chi connectivity index (χ3n) is 8.32. The van der Waals surface area contributed by atoms with Gasteiger partial charge in [0, 0.05) is 12.8 Å². The van der Waals surface area contributed by atoms with Crippen molar-refractivity contribution in [3.63, 3.8) is 0 Å². The second kappa shape index (κ2) is 37.8. The van der Waals surface area contributed by atoms with Crippen molar-refractivity contribution in [3.8, 4) is 0 Å². The summed E-state index contributed by atoms with van der Waals surface area (Å²) < 4.78 is 32.4. The van der Waals surface area contributed by atoms with Gasteiger partial charge in [-0.3, -0.25) is 23.4 Å². The number of esters is 2. The number of hydrogen-bond donors (Lipinski definition) is 5. The number of aliphatic hydroxyl groups excluding tert-OH is 2. The fourth-order valence-corrected chi connectivity index (χ4v) is 5.76. The zero-order chi connectivity index (χ0) is 43.1. The molecule has 0 aliphatic heterocycles. The maximum absolute atomic E-state index is 12.6. The van der Waals surface area contributed by atoms with Gasteiger partial charge in [0.2, 0.25) is 0 Å². The van der Waals surface area contributed by atoms with Crippen molar-refractivity contribution >= 4 is 25.7 Å². The summed E-state index contributed by atoms with van der Waals surface area (Å²) in [6, 6.07) is -1.56. The van der Waals surface area contributed by atoms with Crippen LogP contribution < -0.4 is 5.73 Å². The third kappa shape index (κ3) is 36.9. The lowest BCUT2D eigenvalue weighted by molar-refractivity contribution is -0.161. The molecule has 0 aliphatic carbocycles. The molecule has 0 radical (unpaired) electrons. The first kappa shape index (κ1) is 54.6. The van der Waals surface area contributed by atoms with Crippen molar-refractivity contribution in [2.45, 2.75) is 154 Å². The Hall–Kier alpha value is -3.42. The molecule has 0 rings (SSSR count). The highest BCUT2D eigenvalue weighted by molar-refractivity contribution is 7.47. The fraction of sp³-hybridized carbons (Fsp3) is 0.614. The lowest BCUT2D eigenvalue weighted by atomic mass is 10.1. The van der Waals surface area contributed by atoms with E-state index in [4.69, 9.17) is 24.8 Å². The molecule has 0 heterocycles. The van der Waals surface area contributed by atoms with Crippen LogP contribution in [0.1, 0.15) is 129 Å². The van der Waals surface area contributed by atoms with Crippen molar-refractivity contribution in [3.05, 3.63) is 85.1 Å². The molecule has 0 aromatic carbocycles. The largest absolute Gasteiger partial charge is 0.480 e. The number of rotatable bonds is 37. The van der Waals surface area contributed by atoms with Gasteiger partial charge in [0.25, 0.3) is 0 Å². The summed E-state index contributed by atoms with van der Waals surface area (Å²) in [7, 11) is -4.78. The lowest BCUT2D eigenvalue weighted by Crippen LogP contribution is -2.34. The fourth-order valence-electron chi connectivity index (χ4n) is 4.98. The molecule has 5 atom stereocenters. The number of phosphoric ester groups is 1. The second-order valence-corrected chi connectivity index (χ2v) is 15.2. The molecule has 0 spiro atoms. The summed E-state index contributed by atoms with van der Waals surface area (Å²) in [6.45, 7) is 2.33. The molecule has 0 bridgehead atoms. The van der Waals surface area contributed by atoms with Gasteiger partial charge in [-0.05, 0) is 70.6 Å². The Morgan fingerprint density at radius 2 is 1.22 bits per heavy atom. The van der Waals surface area contributed by atoms with Gasteiger partial charge < -0.3 is 35.4 Å². The number of ether oxygens (including phenoxy) is 2. The van der Waals surface area contributed by atoms with E-state index in [1.165, 1.54) is 12.8 Å². The SMILES string of the molecule is CC/C=C\C/C=C\C/C=C\CCCCCCCC(=O)O[C@H](COC(=O)CCC[C@H](O)\C=C/C=C/C=C/[C@H](O)C/C=C\CCCCC)COP(=O)(O)OC[C@H](N)C(=O)O. The highest BCUT2D eigenvalue weighted by atomic mass is 31.2. The zero-order valence-corrected chi connectivity index (χ0v) is 35.7. The average molecular weight is 838 g/mol. The maximum Gasteiger partial charge on any atom is 0.472 e. The first-order valence-electron chi connectivity index (χ1n) is 20.8. The van der Waals surface area contributed by atoms with E-state index < -0.39 is 69.9 Å². The van der Waals surface area contributed by atoms with Crippen LogP contribution in [0.2, 0.25) is 0 Å². The van der Waals surface area contributed by atoms with E-state index in [-0.39, 0.29) is 19.3 Å². The molecule has 0 amide bonds. The van der Waals surface area contributed by atoms with Gasteiger partial charge in [-0.1, -0.05) is 131 Å². The van der Waals surface area contributed by atoms with E-state index >= 15 is 0 Å². The van der Waals surface area contributed by atoms with Gasteiger partial charge in [0.1, 0.15) is 12.6 Å². The van der Waals surface area contributed by atoms with Crippen LogP contribution in [0.25, 0.3) is 0 Å². The summed E-state index contributed by atoms with van der Waals surface area (Å²) in [5, 5.41) is 29.1. The predicted octanol–water partition coefficient (Wildman–Crippen LogP) is 8.66. The number of carboxylic acids is 1. The number of nitrogens with two attached hydrogens (primary N) is 1. The second-order valence-electron chi connectivity index (χ2n) is 13.8. The van der Waals surface area contributed by atoms with Crippen LogP contribution in [0.15, 0.2) is 85.1 Å². The Bertz CT molecular complexity index is 1340. The Kier molecular flexibility index (Phi) is 35.6. The molecule has 0 aromatic rings. The van der Waals surface area contributed by atoms with Gasteiger partial charge in [-0.2, -0.15) is 0 Å². The van der Waals surface area contributed by atoms with Gasteiger partial charge in [-0.25, -0.2) is 4.57 Å². The maximum atomic E-state index is 12.6. The molecule has 0 saturated heterocycles. The number of carbonyl (C=O) groups is 3. The van der Waals surface area contributed by atoms with E-state index in [1.54, 1.807) is 36.5 Å². The third-order valence-corrected chi connectivity index (χ3v) is 9.27. The molecule has 14 heteroatoms. The van der Waals surface area contributed by atoms with Crippen LogP contribution in [0.4, 0.5) is 0 Å². The number of aliphatic carboxylic acids is 1. The summed E-state index contributed by atoms with van der Waals surface area (Å²) >= 11 is 0. The van der Waals surface area contributed by atoms with E-state index in [0.29, 0.717) is 19.3 Å². The molecule has 0 fully saturated rings. The normalized spacial score (nSPS) is 15.7. The van der Waals surface area contributed by atoms with Gasteiger partial charge in [0.15, 0.2) is 6.10 Å². The topological polar surface area (TPSA) is 212 Å². The Morgan fingerprint density at radius 1 is 0.655 bits per heavy atom. The van der Waals surface area contributed by atoms with Crippen LogP contribution in [0.5, 0.6) is 0 Å². The number of carbonyl (C=O) groups excluding carboxylic acids is 2. The zero-order valence-electron chi connectivity index (χ0n) is 34.8. The Labute approximate surface area is 347 Å². The van der Waals surface area contributed by atoms with E-state index in [0.717, 1.165) is 64.2 Å². The molecule has 6 N–H and O–H groups in total. The molecular formula is C44H72NO12P. The molecule has 0 aliphatic rings. The number of carboxylic acid groups (broad SMARTS) is 1. The first-order chi connectivity index (χ1) is 27.9. The summed E-state index contributed by atoms with van der Waals surface area (Å²) in [6.07, 6.45) is 38.5. The van der Waals surface area contributed by atoms with Crippen LogP contribution >= 0.6 is 7.82 Å². The van der Waals surface area contributed by atoms with Crippen molar-refractivity contribution in [1.82, 2.24) is 0 Å². The molecule has 58 heavy (non-hydrogen) atoms. The Balaban J connectivity index is 4.69. The monoisotopic (exact) mass is 837 g/mol. The number of allylic oxidation sites excluding steroid dienone is 11. The predicted molar refractivity (Wildman–Crippen MR) is 229 cm³/mol. The lowest BCUT2D eigenvalue weighted by Gasteiger charge is -2.20. The molecular weight excluding hydrogens is 765 g/mol. The molecule has 330 valence electrons. The highest BCUT2D eigenvalue weighted by Gasteiger charge is 2.28. The first-order valence-corrected chi connectivity index (χ1v) is 22.3. The average Bonchev–Trinajstić information content (AvgIpc) is 3.19. The molecule has 0 saturated carbocycles. The number of phosphoric acid groups is 1. The van der Waals surface area contributed by atoms with Crippen molar-refractivity contribution in [2.24, 2.45) is 5.73 Å². The minimum absolute atomic E-state index is 0.0472. The van der Waals surface area contributed by atoms with Crippen molar-refractivity contribution < 1.29 is 57.7 Å². The van der Waals surface area contributed by atoms with Crippen LogP contribution in [-0.4, -0.2) is 82.3 Å². The van der Waals surface area contributed by atoms with Crippen molar-refractivity contribution in [1.29, 1.82) is 0 Å². The summed E-state index contributed by atoms with van der Waals surface area (Å²) in [4.78, 5) is 45.9. The van der Waals surface area contributed by atoms with Gasteiger partial charge in [0.05, 0.1) is 25.4 Å². The molecule has 0 aromatic heterocycles. The number of hydrogen-bond acceptors (Lipinski definition) is 11. The minimum Gasteiger partial charge on any atom is -0.480 e. The smallest absolute Gasteiger partial charge is 0.472 e. The summed E-state index contributed by atoms with van der Waals surface area (Å²) in [5.41, 5.74) is 5.31. The van der Waals surface area contributed by atoms with Crippen LogP contribution in [0, 0.1) is 0 Å².